The minimum absolute atomic E-state index is 0.160. The predicted molar refractivity (Wildman–Crippen MR) is 123 cm³/mol. The van der Waals surface area contributed by atoms with Gasteiger partial charge in [0.25, 0.3) is 5.91 Å². The van der Waals surface area contributed by atoms with Gasteiger partial charge >= 0.3 is 5.97 Å². The molecule has 1 amide bonds. The molecule has 1 aromatic heterocycles. The molecule has 0 saturated carbocycles. The molecule has 1 heterocycles. The fourth-order valence-corrected chi connectivity index (χ4v) is 3.55. The second-order valence-electron chi connectivity index (χ2n) is 8.16. The second kappa shape index (κ2) is 10.6. The number of nitrogens with one attached hydrogen (secondary N) is 1. The number of amides is 1. The van der Waals surface area contributed by atoms with Gasteiger partial charge in [-0.3, -0.25) is 9.59 Å². The molecule has 7 heteroatoms. The van der Waals surface area contributed by atoms with E-state index in [4.69, 9.17) is 10.8 Å². The van der Waals surface area contributed by atoms with Gasteiger partial charge in [-0.1, -0.05) is 50.2 Å². The summed E-state index contributed by atoms with van der Waals surface area (Å²) in [6, 6.07) is 14.2. The maximum atomic E-state index is 12.6. The highest BCUT2D eigenvalue weighted by atomic mass is 16.4. The minimum Gasteiger partial charge on any atom is -0.480 e. The van der Waals surface area contributed by atoms with Crippen LogP contribution in [0, 0.1) is 5.92 Å². The molecule has 0 aliphatic rings. The summed E-state index contributed by atoms with van der Waals surface area (Å²) in [6.07, 6.45) is 5.29. The molecule has 2 aromatic carbocycles. The predicted octanol–water partition coefficient (Wildman–Crippen LogP) is 3.27. The largest absolute Gasteiger partial charge is 0.480 e. The van der Waals surface area contributed by atoms with Crippen LogP contribution in [0.5, 0.6) is 0 Å². The number of rotatable bonds is 9. The van der Waals surface area contributed by atoms with Crippen molar-refractivity contribution < 1.29 is 14.7 Å². The van der Waals surface area contributed by atoms with Gasteiger partial charge in [-0.25, -0.2) is 9.97 Å². The van der Waals surface area contributed by atoms with Crippen LogP contribution in [0.25, 0.3) is 11.1 Å². The van der Waals surface area contributed by atoms with Crippen LogP contribution < -0.4 is 11.1 Å². The van der Waals surface area contributed by atoms with E-state index in [9.17, 15) is 9.59 Å². The number of hydrogen-bond donors (Lipinski definition) is 3. The van der Waals surface area contributed by atoms with Crippen molar-refractivity contribution >= 4 is 11.9 Å². The fraction of sp³-hybridized carbons (Fsp3) is 0.280. The van der Waals surface area contributed by atoms with Gasteiger partial charge < -0.3 is 16.2 Å². The van der Waals surface area contributed by atoms with Crippen LogP contribution in [-0.2, 0) is 11.2 Å². The number of benzene rings is 2. The first-order valence-electron chi connectivity index (χ1n) is 10.6. The fourth-order valence-electron chi connectivity index (χ4n) is 3.55. The van der Waals surface area contributed by atoms with E-state index in [-0.39, 0.29) is 18.2 Å². The van der Waals surface area contributed by atoms with Crippen LogP contribution in [0.1, 0.15) is 41.3 Å². The molecule has 0 spiro atoms. The average Bonchev–Trinajstić information content (AvgIpc) is 2.80. The summed E-state index contributed by atoms with van der Waals surface area (Å²) in [5, 5.41) is 12.0. The molecule has 2 atom stereocenters. The molecular formula is C25H28N4O3. The lowest BCUT2D eigenvalue weighted by atomic mass is 9.87. The van der Waals surface area contributed by atoms with E-state index in [1.807, 2.05) is 12.1 Å². The van der Waals surface area contributed by atoms with Crippen LogP contribution in [-0.4, -0.2) is 39.5 Å². The number of carboxylic acids is 1. The SMILES string of the molecule is CC(C)C(CNC(=O)c1ccc(CC(N)C(=O)O)cc1)c1ccc(-c2cncnc2)cc1. The Kier molecular flexibility index (Phi) is 7.68. The van der Waals surface area contributed by atoms with Gasteiger partial charge in [-0.2, -0.15) is 0 Å². The Bertz CT molecular complexity index is 1040. The highest BCUT2D eigenvalue weighted by Crippen LogP contribution is 2.26. The molecule has 0 saturated heterocycles. The lowest BCUT2D eigenvalue weighted by Gasteiger charge is -2.22. The lowest BCUT2D eigenvalue weighted by molar-refractivity contribution is -0.138. The van der Waals surface area contributed by atoms with E-state index >= 15 is 0 Å². The van der Waals surface area contributed by atoms with Crippen molar-refractivity contribution in [2.24, 2.45) is 11.7 Å². The number of aliphatic carboxylic acids is 1. The molecule has 0 bridgehead atoms. The Morgan fingerprint density at radius 3 is 2.16 bits per heavy atom. The number of carbonyl (C=O) groups excluding carboxylic acids is 1. The Morgan fingerprint density at radius 2 is 1.59 bits per heavy atom. The standard InChI is InChI=1S/C25H28N4O3/c1-16(2)22(19-9-7-18(8-10-19)21-12-27-15-28-13-21)14-29-24(30)20-5-3-17(4-6-20)11-23(26)25(31)32/h3-10,12-13,15-16,22-23H,11,14,26H2,1-2H3,(H,29,30)(H,31,32). The van der Waals surface area contributed by atoms with Gasteiger partial charge in [0.1, 0.15) is 12.4 Å². The Hall–Kier alpha value is -3.58. The Morgan fingerprint density at radius 1 is 0.969 bits per heavy atom. The van der Waals surface area contributed by atoms with Crippen molar-refractivity contribution in [2.45, 2.75) is 32.2 Å². The molecule has 166 valence electrons. The van der Waals surface area contributed by atoms with Gasteiger partial charge in [-0.15, -0.1) is 0 Å². The quantitative estimate of drug-likeness (QED) is 0.478. The average molecular weight is 433 g/mol. The van der Waals surface area contributed by atoms with E-state index in [2.05, 4.69) is 41.3 Å². The number of hydrogen-bond acceptors (Lipinski definition) is 5. The third-order valence-electron chi connectivity index (χ3n) is 5.51. The van der Waals surface area contributed by atoms with Gasteiger partial charge in [-0.05, 0) is 41.2 Å². The molecule has 3 rings (SSSR count). The van der Waals surface area contributed by atoms with Crippen molar-refractivity contribution in [3.63, 3.8) is 0 Å². The summed E-state index contributed by atoms with van der Waals surface area (Å²) in [6.45, 7) is 4.78. The van der Waals surface area contributed by atoms with E-state index in [1.54, 1.807) is 36.7 Å². The summed E-state index contributed by atoms with van der Waals surface area (Å²) in [7, 11) is 0. The smallest absolute Gasteiger partial charge is 0.320 e. The zero-order valence-electron chi connectivity index (χ0n) is 18.2. The molecule has 0 aliphatic carbocycles. The summed E-state index contributed by atoms with van der Waals surface area (Å²) in [5.41, 5.74) is 10.0. The zero-order valence-corrected chi connectivity index (χ0v) is 18.2. The van der Waals surface area contributed by atoms with Crippen LogP contribution >= 0.6 is 0 Å². The number of nitrogens with two attached hydrogens (primary N) is 1. The highest BCUT2D eigenvalue weighted by molar-refractivity contribution is 5.94. The molecule has 7 nitrogen and oxygen atoms in total. The molecule has 3 aromatic rings. The molecular weight excluding hydrogens is 404 g/mol. The first-order chi connectivity index (χ1) is 15.3. The zero-order chi connectivity index (χ0) is 23.1. The first kappa shape index (κ1) is 23.1. The summed E-state index contributed by atoms with van der Waals surface area (Å²) in [4.78, 5) is 31.7. The summed E-state index contributed by atoms with van der Waals surface area (Å²) >= 11 is 0. The van der Waals surface area contributed by atoms with Gasteiger partial charge in [0.15, 0.2) is 0 Å². The van der Waals surface area contributed by atoms with Crippen molar-refractivity contribution in [3.8, 4) is 11.1 Å². The van der Waals surface area contributed by atoms with Gasteiger partial charge in [0.2, 0.25) is 0 Å². The molecule has 32 heavy (non-hydrogen) atoms. The number of aromatic nitrogens is 2. The van der Waals surface area contributed by atoms with E-state index in [0.29, 0.717) is 18.0 Å². The van der Waals surface area contributed by atoms with Crippen LogP contribution in [0.3, 0.4) is 0 Å². The third kappa shape index (κ3) is 5.98. The van der Waals surface area contributed by atoms with Crippen LogP contribution in [0.4, 0.5) is 0 Å². The third-order valence-corrected chi connectivity index (χ3v) is 5.51. The van der Waals surface area contributed by atoms with Gasteiger partial charge in [0.05, 0.1) is 0 Å². The second-order valence-corrected chi connectivity index (χ2v) is 8.16. The Balaban J connectivity index is 1.63. The molecule has 0 aliphatic heterocycles. The Labute approximate surface area is 187 Å². The number of nitrogens with zero attached hydrogens (tertiary/aromatic N) is 2. The summed E-state index contributed by atoms with van der Waals surface area (Å²) in [5.74, 6) is -0.714. The van der Waals surface area contributed by atoms with Crippen molar-refractivity contribution in [3.05, 3.63) is 83.9 Å². The van der Waals surface area contributed by atoms with Crippen molar-refractivity contribution in [2.75, 3.05) is 6.54 Å². The van der Waals surface area contributed by atoms with E-state index in [0.717, 1.165) is 22.3 Å². The van der Waals surface area contributed by atoms with Crippen LogP contribution in [0.15, 0.2) is 67.3 Å². The van der Waals surface area contributed by atoms with E-state index < -0.39 is 12.0 Å². The molecule has 4 N–H and O–H groups in total. The molecule has 2 unspecified atom stereocenters. The lowest BCUT2D eigenvalue weighted by Crippen LogP contribution is -2.32. The molecule has 0 radical (unpaired) electrons. The van der Waals surface area contributed by atoms with Crippen molar-refractivity contribution in [1.29, 1.82) is 0 Å². The first-order valence-corrected chi connectivity index (χ1v) is 10.6. The van der Waals surface area contributed by atoms with E-state index in [1.165, 1.54) is 6.33 Å². The molecule has 0 fully saturated rings. The van der Waals surface area contributed by atoms with Gasteiger partial charge in [0, 0.05) is 36.0 Å². The maximum absolute atomic E-state index is 12.6. The number of carboxylic acid groups (broad SMARTS) is 1. The van der Waals surface area contributed by atoms with Crippen LogP contribution in [0.2, 0.25) is 0 Å². The normalized spacial score (nSPS) is 12.9. The summed E-state index contributed by atoms with van der Waals surface area (Å²) < 4.78 is 0. The topological polar surface area (TPSA) is 118 Å². The minimum atomic E-state index is -1.04. The monoisotopic (exact) mass is 432 g/mol. The highest BCUT2D eigenvalue weighted by Gasteiger charge is 2.18. The number of carbonyl (C=O) groups is 2. The maximum Gasteiger partial charge on any atom is 0.320 e. The van der Waals surface area contributed by atoms with Crippen molar-refractivity contribution in [1.82, 2.24) is 15.3 Å².